The Kier molecular flexibility index (Phi) is 10.0. The van der Waals surface area contributed by atoms with Gasteiger partial charge in [-0.3, -0.25) is 4.79 Å². The molecule has 1 unspecified atom stereocenters. The predicted octanol–water partition coefficient (Wildman–Crippen LogP) is 6.46. The highest BCUT2D eigenvalue weighted by Gasteiger charge is 2.43. The summed E-state index contributed by atoms with van der Waals surface area (Å²) in [4.78, 5) is 15.3. The van der Waals surface area contributed by atoms with Crippen molar-refractivity contribution in [3.05, 3.63) is 94.0 Å². The quantitative estimate of drug-likeness (QED) is 0.268. The minimum Gasteiger partial charge on any atom is -0.455 e. The first-order valence-electron chi connectivity index (χ1n) is 13.7. The average Bonchev–Trinajstić information content (AvgIpc) is 2.96. The number of amides is 1. The number of para-hydroxylation sites is 1. The summed E-state index contributed by atoms with van der Waals surface area (Å²) in [7, 11) is 1.68. The minimum absolute atomic E-state index is 0.0349. The van der Waals surface area contributed by atoms with E-state index in [4.69, 9.17) is 26.8 Å². The van der Waals surface area contributed by atoms with Gasteiger partial charge in [0.05, 0.1) is 10.6 Å². The van der Waals surface area contributed by atoms with Crippen LogP contribution in [0.25, 0.3) is 0 Å². The largest absolute Gasteiger partial charge is 0.455 e. The number of piperidine rings is 1. The van der Waals surface area contributed by atoms with Gasteiger partial charge in [-0.1, -0.05) is 48.0 Å². The van der Waals surface area contributed by atoms with E-state index >= 15 is 0 Å². The lowest BCUT2D eigenvalue weighted by Crippen LogP contribution is -2.48. The molecule has 3 N–H and O–H groups in total. The number of methoxy groups -OCH3 is 1. The van der Waals surface area contributed by atoms with E-state index < -0.39 is 5.60 Å². The van der Waals surface area contributed by atoms with Gasteiger partial charge >= 0.3 is 0 Å². The second kappa shape index (κ2) is 13.4. The number of likely N-dealkylation sites (tertiary alicyclic amines) is 1. The third-order valence-electron chi connectivity index (χ3n) is 7.62. The molecule has 3 aromatic rings. The number of hydrogen-bond acceptors (Lipinski definition) is 5. The van der Waals surface area contributed by atoms with Crippen molar-refractivity contribution in [3.8, 4) is 11.5 Å². The number of hydrogen-bond donors (Lipinski definition) is 2. The Hall–Kier alpha value is -2.90. The minimum atomic E-state index is -1.25. The van der Waals surface area contributed by atoms with Gasteiger partial charge in [-0.25, -0.2) is 0 Å². The predicted molar refractivity (Wildman–Crippen MR) is 155 cm³/mol. The molecule has 1 heterocycles. The van der Waals surface area contributed by atoms with Crippen LogP contribution in [-0.4, -0.2) is 42.7 Å². The number of rotatable bonds is 11. The Labute approximate surface area is 236 Å². The first kappa shape index (κ1) is 29.1. The number of ether oxygens (including phenoxy) is 2. The van der Waals surface area contributed by atoms with E-state index in [1.807, 2.05) is 72.5 Å². The molecule has 0 radical (unpaired) electrons. The summed E-state index contributed by atoms with van der Waals surface area (Å²) in [5.41, 5.74) is 7.81. The van der Waals surface area contributed by atoms with Crippen LogP contribution < -0.4 is 10.5 Å². The van der Waals surface area contributed by atoms with Crippen molar-refractivity contribution in [1.82, 2.24) is 4.90 Å². The molecule has 39 heavy (non-hydrogen) atoms. The molecule has 1 aliphatic rings. The lowest BCUT2D eigenvalue weighted by atomic mass is 9.73. The van der Waals surface area contributed by atoms with Gasteiger partial charge in [-0.15, -0.1) is 0 Å². The van der Waals surface area contributed by atoms with E-state index in [1.54, 1.807) is 13.2 Å². The molecule has 7 heteroatoms. The summed E-state index contributed by atoms with van der Waals surface area (Å²) < 4.78 is 11.6. The highest BCUT2D eigenvalue weighted by molar-refractivity contribution is 6.32. The van der Waals surface area contributed by atoms with Crippen molar-refractivity contribution in [1.29, 1.82) is 0 Å². The van der Waals surface area contributed by atoms with Gasteiger partial charge < -0.3 is 25.2 Å². The first-order chi connectivity index (χ1) is 18.9. The molecule has 4 rings (SSSR count). The zero-order chi connectivity index (χ0) is 27.8. The lowest BCUT2D eigenvalue weighted by molar-refractivity contribution is -0.0589. The number of nitrogens with two attached hydrogens (primary N) is 1. The van der Waals surface area contributed by atoms with Crippen LogP contribution in [0.3, 0.4) is 0 Å². The Bertz CT molecular complexity index is 1250. The van der Waals surface area contributed by atoms with E-state index in [1.165, 1.54) is 0 Å². The third kappa shape index (κ3) is 7.00. The number of carbonyl (C=O) groups is 1. The van der Waals surface area contributed by atoms with E-state index in [9.17, 15) is 9.90 Å². The SMILES string of the molecule is COCCCCC(O)(c1cccc(Cl)c1Oc1cccc(C)c1)[C@@H]1CCCN(C(=O)c2ccc(CN)cc2)C1. The van der Waals surface area contributed by atoms with E-state index in [-0.39, 0.29) is 11.8 Å². The molecule has 1 fully saturated rings. The highest BCUT2D eigenvalue weighted by Crippen LogP contribution is 2.47. The van der Waals surface area contributed by atoms with Gasteiger partial charge in [-0.2, -0.15) is 0 Å². The van der Waals surface area contributed by atoms with Crippen molar-refractivity contribution in [2.45, 2.75) is 51.2 Å². The normalized spacial score (nSPS) is 17.1. The Balaban J connectivity index is 1.66. The van der Waals surface area contributed by atoms with Gasteiger partial charge in [-0.05, 0) is 80.5 Å². The van der Waals surface area contributed by atoms with E-state index in [0.29, 0.717) is 60.3 Å². The van der Waals surface area contributed by atoms with E-state index in [2.05, 4.69) is 0 Å². The number of unbranched alkanes of at least 4 members (excludes halogenated alkanes) is 1. The average molecular weight is 551 g/mol. The fraction of sp³-hybridized carbons (Fsp3) is 0.406. The maximum atomic E-state index is 13.5. The van der Waals surface area contributed by atoms with Crippen molar-refractivity contribution in [3.63, 3.8) is 0 Å². The molecule has 2 atom stereocenters. The molecule has 0 aromatic heterocycles. The number of aryl methyl sites for hydroxylation is 1. The molecule has 3 aromatic carbocycles. The smallest absolute Gasteiger partial charge is 0.253 e. The Morgan fingerprint density at radius 1 is 1.13 bits per heavy atom. The maximum absolute atomic E-state index is 13.5. The van der Waals surface area contributed by atoms with Crippen LogP contribution in [0.1, 0.15) is 59.2 Å². The van der Waals surface area contributed by atoms with Crippen LogP contribution in [0.4, 0.5) is 0 Å². The Morgan fingerprint density at radius 2 is 1.90 bits per heavy atom. The van der Waals surface area contributed by atoms with Gasteiger partial charge in [0.2, 0.25) is 0 Å². The molecule has 1 aliphatic heterocycles. The number of benzene rings is 3. The molecule has 1 amide bonds. The lowest BCUT2D eigenvalue weighted by Gasteiger charge is -2.43. The second-order valence-electron chi connectivity index (χ2n) is 10.4. The summed E-state index contributed by atoms with van der Waals surface area (Å²) in [5, 5.41) is 13.0. The van der Waals surface area contributed by atoms with Crippen molar-refractivity contribution < 1.29 is 19.4 Å². The third-order valence-corrected chi connectivity index (χ3v) is 7.92. The zero-order valence-corrected chi connectivity index (χ0v) is 23.6. The van der Waals surface area contributed by atoms with Crippen LogP contribution in [0.2, 0.25) is 5.02 Å². The van der Waals surface area contributed by atoms with Gasteiger partial charge in [0.15, 0.2) is 5.75 Å². The van der Waals surface area contributed by atoms with Crippen molar-refractivity contribution >= 4 is 17.5 Å². The fourth-order valence-electron chi connectivity index (χ4n) is 5.47. The maximum Gasteiger partial charge on any atom is 0.253 e. The molecular formula is C32H39ClN2O4. The number of nitrogens with zero attached hydrogens (tertiary/aromatic N) is 1. The monoisotopic (exact) mass is 550 g/mol. The van der Waals surface area contributed by atoms with Crippen LogP contribution in [0.15, 0.2) is 66.7 Å². The molecule has 1 saturated heterocycles. The topological polar surface area (TPSA) is 85.0 Å². The summed E-state index contributed by atoms with van der Waals surface area (Å²) in [6.45, 7) is 4.14. The standard InChI is InChI=1S/C32H39ClN2O4/c1-23-8-5-10-27(20-23)39-30-28(11-6-12-29(30)33)32(37,17-3-4-19-38-2)26-9-7-18-35(22-26)31(36)25-15-13-24(21-34)14-16-25/h5-6,8,10-16,20,26,37H,3-4,7,9,17-19,21-22,34H2,1-2H3/t26-,32?/m1/s1. The van der Waals surface area contributed by atoms with Crippen molar-refractivity contribution in [2.75, 3.05) is 26.8 Å². The van der Waals surface area contributed by atoms with Crippen LogP contribution in [0.5, 0.6) is 11.5 Å². The molecule has 0 aliphatic carbocycles. The highest BCUT2D eigenvalue weighted by atomic mass is 35.5. The van der Waals surface area contributed by atoms with Gasteiger partial charge in [0.25, 0.3) is 5.91 Å². The van der Waals surface area contributed by atoms with Gasteiger partial charge in [0, 0.05) is 50.4 Å². The number of carbonyl (C=O) groups excluding carboxylic acids is 1. The number of aliphatic hydroxyl groups is 1. The van der Waals surface area contributed by atoms with Crippen LogP contribution >= 0.6 is 11.6 Å². The first-order valence-corrected chi connectivity index (χ1v) is 14.1. The second-order valence-corrected chi connectivity index (χ2v) is 10.8. The summed E-state index contributed by atoms with van der Waals surface area (Å²) >= 11 is 6.70. The molecule has 0 saturated carbocycles. The summed E-state index contributed by atoms with van der Waals surface area (Å²) in [6.07, 6.45) is 3.65. The summed E-state index contributed by atoms with van der Waals surface area (Å²) in [6, 6.07) is 20.7. The summed E-state index contributed by atoms with van der Waals surface area (Å²) in [5.74, 6) is 0.888. The Morgan fingerprint density at radius 3 is 2.62 bits per heavy atom. The zero-order valence-electron chi connectivity index (χ0n) is 22.9. The fourth-order valence-corrected chi connectivity index (χ4v) is 5.68. The molecular weight excluding hydrogens is 512 g/mol. The molecule has 0 spiro atoms. The van der Waals surface area contributed by atoms with Crippen LogP contribution in [-0.2, 0) is 16.9 Å². The molecule has 208 valence electrons. The molecule has 0 bridgehead atoms. The van der Waals surface area contributed by atoms with E-state index in [0.717, 1.165) is 36.8 Å². The van der Waals surface area contributed by atoms with Crippen LogP contribution in [0, 0.1) is 12.8 Å². The number of halogens is 1. The molecule has 6 nitrogen and oxygen atoms in total. The van der Waals surface area contributed by atoms with Gasteiger partial charge in [0.1, 0.15) is 5.75 Å². The van der Waals surface area contributed by atoms with Crippen molar-refractivity contribution in [2.24, 2.45) is 11.7 Å².